The van der Waals surface area contributed by atoms with Crippen LogP contribution in [0.2, 0.25) is 0 Å². The van der Waals surface area contributed by atoms with Gasteiger partial charge in [0.1, 0.15) is 29.2 Å². The van der Waals surface area contributed by atoms with Gasteiger partial charge >= 0.3 is 12.2 Å². The normalized spacial score (nSPS) is 11.7. The predicted molar refractivity (Wildman–Crippen MR) is 114 cm³/mol. The molecular formula is C20H22N4O4S2. The summed E-state index contributed by atoms with van der Waals surface area (Å²) in [5, 5.41) is 18.5. The van der Waals surface area contributed by atoms with Crippen LogP contribution in [0.3, 0.4) is 0 Å². The molecule has 0 saturated carbocycles. The molecule has 0 unspecified atom stereocenters. The molecule has 1 aliphatic rings. The van der Waals surface area contributed by atoms with E-state index < -0.39 is 12.2 Å². The highest BCUT2D eigenvalue weighted by molar-refractivity contribution is 8.24. The summed E-state index contributed by atoms with van der Waals surface area (Å²) in [5.41, 5.74) is -0.0526. The highest BCUT2D eigenvalue weighted by atomic mass is 32.2. The Morgan fingerprint density at radius 1 is 0.833 bits per heavy atom. The summed E-state index contributed by atoms with van der Waals surface area (Å²) in [6, 6.07) is 6.84. The van der Waals surface area contributed by atoms with Crippen molar-refractivity contribution >= 4 is 35.7 Å². The minimum Gasteiger partial charge on any atom is -0.409 e. The Labute approximate surface area is 184 Å². The van der Waals surface area contributed by atoms with Gasteiger partial charge in [-0.15, -0.1) is 0 Å². The lowest BCUT2D eigenvalue weighted by atomic mass is 10.3. The smallest absolute Gasteiger partial charge is 0.409 e. The molecule has 0 atom stereocenters. The van der Waals surface area contributed by atoms with Crippen molar-refractivity contribution in [1.82, 2.24) is 9.80 Å². The summed E-state index contributed by atoms with van der Waals surface area (Å²) in [5.74, 6) is 0.569. The Morgan fingerprint density at radius 3 is 1.50 bits per heavy atom. The number of thioether (sulfide) groups is 2. The predicted octanol–water partition coefficient (Wildman–Crippen LogP) is 4.82. The number of benzene rings is 1. The second-order valence-corrected chi connectivity index (χ2v) is 8.19. The highest BCUT2D eigenvalue weighted by Gasteiger charge is 2.31. The fraction of sp³-hybridized carbons (Fsp3) is 0.400. The SMILES string of the molecule is CCN(CC)C(=O)Oc1ccc(OC(=O)N(CC)CC)c2c1SC(=C(C#N)C#N)S2. The van der Waals surface area contributed by atoms with E-state index in [1.165, 1.54) is 9.80 Å². The van der Waals surface area contributed by atoms with Gasteiger partial charge < -0.3 is 19.3 Å². The van der Waals surface area contributed by atoms with E-state index in [1.54, 1.807) is 12.1 Å². The highest BCUT2D eigenvalue weighted by Crippen LogP contribution is 2.58. The maximum Gasteiger partial charge on any atom is 0.415 e. The lowest BCUT2D eigenvalue weighted by Crippen LogP contribution is -2.33. The molecule has 1 aliphatic heterocycles. The van der Waals surface area contributed by atoms with E-state index in [-0.39, 0.29) is 17.1 Å². The lowest BCUT2D eigenvalue weighted by molar-refractivity contribution is 0.153. The molecule has 8 nitrogen and oxygen atoms in total. The van der Waals surface area contributed by atoms with Gasteiger partial charge in [0.15, 0.2) is 0 Å². The standard InChI is InChI=1S/C20H22N4O4S2/c1-5-23(6-2)19(25)27-14-9-10-15(28-20(26)24(7-3)8-4)17-16(14)29-18(30-17)13(11-21)12-22/h9-10H,5-8H2,1-4H3. The summed E-state index contributed by atoms with van der Waals surface area (Å²) in [6.07, 6.45) is -1.00. The number of fused-ring (bicyclic) bond motifs is 1. The Bertz CT molecular complexity index is 868. The Hall–Kier alpha value is -2.82. The van der Waals surface area contributed by atoms with E-state index >= 15 is 0 Å². The molecule has 1 aromatic carbocycles. The lowest BCUT2D eigenvalue weighted by Gasteiger charge is -2.20. The fourth-order valence-electron chi connectivity index (χ4n) is 2.59. The summed E-state index contributed by atoms with van der Waals surface area (Å²) < 4.78 is 11.6. The van der Waals surface area contributed by atoms with E-state index in [0.717, 1.165) is 23.5 Å². The van der Waals surface area contributed by atoms with E-state index in [0.29, 0.717) is 40.2 Å². The van der Waals surface area contributed by atoms with Gasteiger partial charge in [-0.1, -0.05) is 23.5 Å². The third-order valence-corrected chi connectivity index (χ3v) is 6.92. The van der Waals surface area contributed by atoms with Crippen LogP contribution in [0.4, 0.5) is 9.59 Å². The zero-order valence-electron chi connectivity index (χ0n) is 17.2. The molecule has 1 aromatic rings. The molecule has 0 aliphatic carbocycles. The average molecular weight is 447 g/mol. The molecule has 0 saturated heterocycles. The summed E-state index contributed by atoms with van der Waals surface area (Å²) in [4.78, 5) is 28.9. The molecule has 2 amide bonds. The Kier molecular flexibility index (Phi) is 8.46. The summed E-state index contributed by atoms with van der Waals surface area (Å²) >= 11 is 2.29. The number of nitrogens with zero attached hydrogens (tertiary/aromatic N) is 4. The first-order chi connectivity index (χ1) is 14.4. The number of carbonyl (C=O) groups is 2. The molecule has 0 fully saturated rings. The van der Waals surface area contributed by atoms with Gasteiger partial charge in [-0.2, -0.15) is 10.5 Å². The second kappa shape index (κ2) is 10.8. The van der Waals surface area contributed by atoms with Gasteiger partial charge in [-0.05, 0) is 39.8 Å². The Balaban J connectivity index is 2.46. The number of rotatable bonds is 6. The summed E-state index contributed by atoms with van der Waals surface area (Å²) in [7, 11) is 0. The zero-order chi connectivity index (χ0) is 22.3. The molecular weight excluding hydrogens is 424 g/mol. The van der Waals surface area contributed by atoms with Crippen molar-refractivity contribution in [3.05, 3.63) is 21.9 Å². The first-order valence-electron chi connectivity index (χ1n) is 9.44. The number of ether oxygens (including phenoxy) is 2. The van der Waals surface area contributed by atoms with Crippen LogP contribution >= 0.6 is 23.5 Å². The number of carbonyl (C=O) groups excluding carboxylic acids is 2. The first-order valence-corrected chi connectivity index (χ1v) is 11.1. The third kappa shape index (κ3) is 5.02. The molecule has 0 bridgehead atoms. The zero-order valence-corrected chi connectivity index (χ0v) is 18.9. The summed E-state index contributed by atoms with van der Waals surface area (Å²) in [6.45, 7) is 9.39. The quantitative estimate of drug-likeness (QED) is 0.572. The van der Waals surface area contributed by atoms with Gasteiger partial charge in [0.05, 0.1) is 14.0 Å². The van der Waals surface area contributed by atoms with Crippen molar-refractivity contribution in [2.75, 3.05) is 26.2 Å². The molecule has 0 N–H and O–H groups in total. The van der Waals surface area contributed by atoms with Crippen LogP contribution in [0.15, 0.2) is 31.7 Å². The van der Waals surface area contributed by atoms with E-state index in [4.69, 9.17) is 9.47 Å². The van der Waals surface area contributed by atoms with E-state index in [2.05, 4.69) is 0 Å². The van der Waals surface area contributed by atoms with Crippen LogP contribution in [0.5, 0.6) is 11.5 Å². The number of hydrogen-bond donors (Lipinski definition) is 0. The maximum atomic E-state index is 12.4. The van der Waals surface area contributed by atoms with E-state index in [1.807, 2.05) is 39.8 Å². The van der Waals surface area contributed by atoms with Gasteiger partial charge in [0.25, 0.3) is 0 Å². The van der Waals surface area contributed by atoms with Crippen molar-refractivity contribution < 1.29 is 19.1 Å². The molecule has 30 heavy (non-hydrogen) atoms. The number of amides is 2. The number of hydrogen-bond acceptors (Lipinski definition) is 8. The molecule has 158 valence electrons. The van der Waals surface area contributed by atoms with Gasteiger partial charge in [0.2, 0.25) is 0 Å². The van der Waals surface area contributed by atoms with Crippen molar-refractivity contribution in [1.29, 1.82) is 10.5 Å². The van der Waals surface area contributed by atoms with Crippen LogP contribution in [0.1, 0.15) is 27.7 Å². The van der Waals surface area contributed by atoms with E-state index in [9.17, 15) is 20.1 Å². The molecule has 2 rings (SSSR count). The number of nitriles is 2. The van der Waals surface area contributed by atoms with Crippen molar-refractivity contribution in [2.45, 2.75) is 37.5 Å². The first kappa shape index (κ1) is 23.5. The topological polar surface area (TPSA) is 107 Å². The van der Waals surface area contributed by atoms with Crippen molar-refractivity contribution in [2.24, 2.45) is 0 Å². The van der Waals surface area contributed by atoms with Gasteiger partial charge in [-0.25, -0.2) is 9.59 Å². The molecule has 0 aromatic heterocycles. The maximum absolute atomic E-state index is 12.4. The van der Waals surface area contributed by atoms with Crippen molar-refractivity contribution in [3.8, 4) is 23.6 Å². The molecule has 1 heterocycles. The largest absolute Gasteiger partial charge is 0.415 e. The van der Waals surface area contributed by atoms with Gasteiger partial charge in [-0.3, -0.25) is 0 Å². The van der Waals surface area contributed by atoms with Crippen LogP contribution in [0, 0.1) is 22.7 Å². The molecule has 0 radical (unpaired) electrons. The minimum absolute atomic E-state index is 0.0526. The van der Waals surface area contributed by atoms with Crippen LogP contribution in [-0.4, -0.2) is 48.2 Å². The fourth-order valence-corrected chi connectivity index (χ4v) is 5.07. The van der Waals surface area contributed by atoms with Crippen LogP contribution in [-0.2, 0) is 0 Å². The van der Waals surface area contributed by atoms with Gasteiger partial charge in [0, 0.05) is 26.2 Å². The van der Waals surface area contributed by atoms with Crippen LogP contribution < -0.4 is 9.47 Å². The monoisotopic (exact) mass is 446 g/mol. The Morgan fingerprint density at radius 2 is 1.20 bits per heavy atom. The van der Waals surface area contributed by atoms with Crippen molar-refractivity contribution in [3.63, 3.8) is 0 Å². The van der Waals surface area contributed by atoms with Crippen LogP contribution in [0.25, 0.3) is 0 Å². The second-order valence-electron chi connectivity index (χ2n) is 5.89. The third-order valence-electron chi connectivity index (χ3n) is 4.29. The molecule has 0 spiro atoms. The minimum atomic E-state index is -0.501. The molecule has 10 heteroatoms. The number of allylic oxidation sites excluding steroid dienone is 1. The average Bonchev–Trinajstić information content (AvgIpc) is 3.18.